The Morgan fingerprint density at radius 3 is 2.63 bits per heavy atom. The highest BCUT2D eigenvalue weighted by molar-refractivity contribution is 5.87. The Bertz CT molecular complexity index is 502. The Morgan fingerprint density at radius 2 is 2.05 bits per heavy atom. The molecule has 1 amide bonds. The molecule has 0 saturated carbocycles. The Hall–Kier alpha value is -1.84. The van der Waals surface area contributed by atoms with Crippen LogP contribution in [-0.2, 0) is 10.2 Å². The highest BCUT2D eigenvalue weighted by Gasteiger charge is 2.25. The van der Waals surface area contributed by atoms with Gasteiger partial charge in [0.05, 0.1) is 6.54 Å². The summed E-state index contributed by atoms with van der Waals surface area (Å²) >= 11 is 0. The van der Waals surface area contributed by atoms with Crippen molar-refractivity contribution in [2.24, 2.45) is 0 Å². The maximum atomic E-state index is 11.9. The van der Waals surface area contributed by atoms with E-state index in [1.165, 1.54) is 4.90 Å². The molecule has 1 fully saturated rings. The van der Waals surface area contributed by atoms with E-state index >= 15 is 0 Å². The number of hydrogen-bond donors (Lipinski definition) is 0. The van der Waals surface area contributed by atoms with Crippen LogP contribution in [0, 0.1) is 0 Å². The van der Waals surface area contributed by atoms with Crippen LogP contribution in [0.3, 0.4) is 0 Å². The zero-order chi connectivity index (χ0) is 14.0. The van der Waals surface area contributed by atoms with Crippen LogP contribution in [0.2, 0.25) is 0 Å². The summed E-state index contributed by atoms with van der Waals surface area (Å²) in [5.41, 5.74) is 1.11. The molecule has 102 valence electrons. The molecule has 0 atom stereocenters. The van der Waals surface area contributed by atoms with Crippen molar-refractivity contribution in [2.75, 3.05) is 13.1 Å². The summed E-state index contributed by atoms with van der Waals surface area (Å²) in [6, 6.07) is 7.51. The van der Waals surface area contributed by atoms with Crippen LogP contribution in [-0.4, -0.2) is 29.9 Å². The zero-order valence-electron chi connectivity index (χ0n) is 11.6. The molecule has 0 spiro atoms. The molecule has 19 heavy (non-hydrogen) atoms. The molecule has 1 heterocycles. The predicted octanol–water partition coefficient (Wildman–Crippen LogP) is 2.76. The average Bonchev–Trinajstić information content (AvgIpc) is 2.75. The van der Waals surface area contributed by atoms with Crippen LogP contribution >= 0.6 is 0 Å². The lowest BCUT2D eigenvalue weighted by Gasteiger charge is -2.20. The summed E-state index contributed by atoms with van der Waals surface area (Å²) < 4.78 is 5.32. The summed E-state index contributed by atoms with van der Waals surface area (Å²) in [5, 5.41) is 0. The average molecular weight is 261 g/mol. The van der Waals surface area contributed by atoms with Gasteiger partial charge >= 0.3 is 6.09 Å². The van der Waals surface area contributed by atoms with Gasteiger partial charge in [0.25, 0.3) is 0 Å². The number of carbonyl (C=O) groups excluding carboxylic acids is 2. The van der Waals surface area contributed by atoms with Crippen molar-refractivity contribution in [3.05, 3.63) is 29.8 Å². The highest BCUT2D eigenvalue weighted by Crippen LogP contribution is 2.26. The van der Waals surface area contributed by atoms with E-state index in [-0.39, 0.29) is 17.7 Å². The van der Waals surface area contributed by atoms with Crippen LogP contribution in [0.5, 0.6) is 5.75 Å². The molecule has 4 nitrogen and oxygen atoms in total. The lowest BCUT2D eigenvalue weighted by Crippen LogP contribution is -2.31. The van der Waals surface area contributed by atoms with Crippen molar-refractivity contribution in [3.8, 4) is 5.75 Å². The summed E-state index contributed by atoms with van der Waals surface area (Å²) in [6.07, 6.45) is -0.0196. The van der Waals surface area contributed by atoms with E-state index in [1.54, 1.807) is 6.07 Å². The van der Waals surface area contributed by atoms with Crippen LogP contribution < -0.4 is 4.74 Å². The molecule has 0 radical (unpaired) electrons. The number of ether oxygens (including phenoxy) is 1. The monoisotopic (exact) mass is 261 g/mol. The fourth-order valence-electron chi connectivity index (χ4n) is 1.98. The minimum atomic E-state index is -0.447. The molecule has 0 unspecified atom stereocenters. The summed E-state index contributed by atoms with van der Waals surface area (Å²) in [5.74, 6) is 0.608. The van der Waals surface area contributed by atoms with Gasteiger partial charge in [0.15, 0.2) is 5.78 Å². The summed E-state index contributed by atoms with van der Waals surface area (Å²) in [4.78, 5) is 24.5. The number of likely N-dealkylation sites (tertiary alicyclic amines) is 1. The molecule has 1 aliphatic heterocycles. The van der Waals surface area contributed by atoms with E-state index in [0.717, 1.165) is 5.56 Å². The van der Waals surface area contributed by atoms with Crippen LogP contribution in [0.1, 0.15) is 32.8 Å². The molecular formula is C15H19NO3. The molecule has 1 saturated heterocycles. The summed E-state index contributed by atoms with van der Waals surface area (Å²) in [6.45, 7) is 6.93. The molecule has 1 aliphatic rings. The van der Waals surface area contributed by atoms with Gasteiger partial charge in [-0.1, -0.05) is 32.9 Å². The molecule has 1 aromatic rings. The Morgan fingerprint density at radius 1 is 1.32 bits per heavy atom. The van der Waals surface area contributed by atoms with E-state index in [4.69, 9.17) is 4.74 Å². The second-order valence-electron chi connectivity index (χ2n) is 5.86. The number of ketones is 1. The normalized spacial score (nSPS) is 15.7. The van der Waals surface area contributed by atoms with Gasteiger partial charge in [0.1, 0.15) is 5.75 Å². The maximum absolute atomic E-state index is 11.9. The van der Waals surface area contributed by atoms with Gasteiger partial charge in [-0.25, -0.2) is 4.79 Å². The third-order valence-corrected chi connectivity index (χ3v) is 3.19. The molecule has 0 aliphatic carbocycles. The topological polar surface area (TPSA) is 46.6 Å². The number of hydrogen-bond acceptors (Lipinski definition) is 3. The van der Waals surface area contributed by atoms with E-state index < -0.39 is 6.09 Å². The van der Waals surface area contributed by atoms with Crippen LogP contribution in [0.4, 0.5) is 4.79 Å². The molecule has 2 rings (SSSR count). The van der Waals surface area contributed by atoms with E-state index in [2.05, 4.69) is 20.8 Å². The lowest BCUT2D eigenvalue weighted by atomic mass is 9.87. The number of rotatable bonds is 1. The molecule has 1 aromatic carbocycles. The van der Waals surface area contributed by atoms with E-state index in [0.29, 0.717) is 18.7 Å². The van der Waals surface area contributed by atoms with Crippen molar-refractivity contribution in [1.82, 2.24) is 4.90 Å². The van der Waals surface area contributed by atoms with E-state index in [9.17, 15) is 9.59 Å². The van der Waals surface area contributed by atoms with Gasteiger partial charge in [0, 0.05) is 13.0 Å². The van der Waals surface area contributed by atoms with Crippen LogP contribution in [0.25, 0.3) is 0 Å². The first-order valence-corrected chi connectivity index (χ1v) is 6.45. The first-order chi connectivity index (χ1) is 8.86. The van der Waals surface area contributed by atoms with Crippen molar-refractivity contribution in [2.45, 2.75) is 32.6 Å². The predicted molar refractivity (Wildman–Crippen MR) is 72.4 cm³/mol. The van der Waals surface area contributed by atoms with E-state index in [1.807, 2.05) is 18.2 Å². The number of benzene rings is 1. The first-order valence-electron chi connectivity index (χ1n) is 6.45. The standard InChI is InChI=1S/C15H19NO3/c1-15(2,3)11-5-4-6-13(9-11)19-14(18)16-8-7-12(17)10-16/h4-6,9H,7-8,10H2,1-3H3. The minimum Gasteiger partial charge on any atom is -0.410 e. The summed E-state index contributed by atoms with van der Waals surface area (Å²) in [7, 11) is 0. The molecule has 0 bridgehead atoms. The van der Waals surface area contributed by atoms with Gasteiger partial charge in [-0.05, 0) is 23.1 Å². The lowest BCUT2D eigenvalue weighted by molar-refractivity contribution is -0.116. The SMILES string of the molecule is CC(C)(C)c1cccc(OC(=O)N2CCC(=O)C2)c1. The van der Waals surface area contributed by atoms with Crippen molar-refractivity contribution in [3.63, 3.8) is 0 Å². The maximum Gasteiger partial charge on any atom is 0.415 e. The molecule has 0 aromatic heterocycles. The van der Waals surface area contributed by atoms with Gasteiger partial charge < -0.3 is 9.64 Å². The minimum absolute atomic E-state index is 0.00598. The Kier molecular flexibility index (Phi) is 3.60. The number of nitrogens with zero attached hydrogens (tertiary/aromatic N) is 1. The molecule has 0 N–H and O–H groups in total. The van der Waals surface area contributed by atoms with Crippen LogP contribution in [0.15, 0.2) is 24.3 Å². The Labute approximate surface area is 113 Å². The van der Waals surface area contributed by atoms with Crippen molar-refractivity contribution >= 4 is 11.9 Å². The third-order valence-electron chi connectivity index (χ3n) is 3.19. The second-order valence-corrected chi connectivity index (χ2v) is 5.86. The van der Waals surface area contributed by atoms with Gasteiger partial charge in [-0.2, -0.15) is 0 Å². The number of carbonyl (C=O) groups is 2. The quantitative estimate of drug-likeness (QED) is 0.781. The Balaban J connectivity index is 2.07. The van der Waals surface area contributed by atoms with Gasteiger partial charge in [-0.3, -0.25) is 4.79 Å². The largest absolute Gasteiger partial charge is 0.415 e. The first kappa shape index (κ1) is 13.6. The van der Waals surface area contributed by atoms with Crippen molar-refractivity contribution < 1.29 is 14.3 Å². The fourth-order valence-corrected chi connectivity index (χ4v) is 1.98. The third kappa shape index (κ3) is 3.34. The van der Waals surface area contributed by atoms with Gasteiger partial charge in [-0.15, -0.1) is 0 Å². The van der Waals surface area contributed by atoms with Crippen molar-refractivity contribution in [1.29, 1.82) is 0 Å². The molecule has 4 heteroatoms. The number of Topliss-reactive ketones (excluding diaryl/α,β-unsaturated/α-hetero) is 1. The highest BCUT2D eigenvalue weighted by atomic mass is 16.6. The molecular weight excluding hydrogens is 242 g/mol. The zero-order valence-corrected chi connectivity index (χ0v) is 11.6. The van der Waals surface area contributed by atoms with Gasteiger partial charge in [0.2, 0.25) is 0 Å². The number of amides is 1. The second kappa shape index (κ2) is 5.03. The fraction of sp³-hybridized carbons (Fsp3) is 0.467. The smallest absolute Gasteiger partial charge is 0.410 e.